The van der Waals surface area contributed by atoms with Gasteiger partial charge < -0.3 is 14.2 Å². The highest BCUT2D eigenvalue weighted by Crippen LogP contribution is 2.17. The van der Waals surface area contributed by atoms with E-state index in [4.69, 9.17) is 4.42 Å². The number of rotatable bonds is 2. The summed E-state index contributed by atoms with van der Waals surface area (Å²) in [5, 5.41) is 0. The Labute approximate surface area is 143 Å². The fourth-order valence-corrected chi connectivity index (χ4v) is 3.01. The lowest BCUT2D eigenvalue weighted by molar-refractivity contribution is 0.0746. The van der Waals surface area contributed by atoms with Gasteiger partial charge in [0, 0.05) is 51.2 Å². The quantitative estimate of drug-likeness (QED) is 0.689. The van der Waals surface area contributed by atoms with Crippen LogP contribution >= 0.6 is 0 Å². The second kappa shape index (κ2) is 6.04. The lowest BCUT2D eigenvalue weighted by Crippen LogP contribution is -2.49. The molecule has 1 amide bonds. The molecule has 0 saturated carbocycles. The van der Waals surface area contributed by atoms with E-state index in [0.29, 0.717) is 48.8 Å². The van der Waals surface area contributed by atoms with Crippen molar-refractivity contribution in [1.29, 1.82) is 0 Å². The molecule has 3 heterocycles. The lowest BCUT2D eigenvalue weighted by atomic mass is 10.1. The van der Waals surface area contributed by atoms with E-state index in [2.05, 4.69) is 14.9 Å². The van der Waals surface area contributed by atoms with E-state index >= 15 is 0 Å². The summed E-state index contributed by atoms with van der Waals surface area (Å²) in [6.45, 7) is 2.56. The van der Waals surface area contributed by atoms with Gasteiger partial charge in [0.15, 0.2) is 5.58 Å². The summed E-state index contributed by atoms with van der Waals surface area (Å²) in [6, 6.07) is 6.84. The fourth-order valence-electron chi connectivity index (χ4n) is 3.01. The molecule has 0 N–H and O–H groups in total. The zero-order valence-electron chi connectivity index (χ0n) is 13.8. The van der Waals surface area contributed by atoms with Crippen LogP contribution in [0.5, 0.6) is 0 Å². The van der Waals surface area contributed by atoms with Crippen LogP contribution in [0.15, 0.2) is 45.9 Å². The molecule has 2 aromatic heterocycles. The number of carbonyl (C=O) groups excluding carboxylic acids is 1. The van der Waals surface area contributed by atoms with Gasteiger partial charge in [-0.15, -0.1) is 0 Å². The van der Waals surface area contributed by atoms with Crippen molar-refractivity contribution < 1.29 is 9.21 Å². The summed E-state index contributed by atoms with van der Waals surface area (Å²) in [4.78, 5) is 36.7. The van der Waals surface area contributed by atoms with Gasteiger partial charge in [-0.1, -0.05) is 0 Å². The Hall–Kier alpha value is -3.16. The number of hydrogen-bond donors (Lipinski definition) is 0. The Bertz CT molecular complexity index is 971. The maximum atomic E-state index is 12.8. The monoisotopic (exact) mass is 339 g/mol. The Morgan fingerprint density at radius 1 is 1.12 bits per heavy atom. The van der Waals surface area contributed by atoms with Gasteiger partial charge in [-0.3, -0.25) is 9.36 Å². The molecule has 3 aromatic rings. The average molecular weight is 339 g/mol. The van der Waals surface area contributed by atoms with Crippen molar-refractivity contribution in [1.82, 2.24) is 19.4 Å². The number of carbonyl (C=O) groups is 1. The van der Waals surface area contributed by atoms with Crippen LogP contribution in [0, 0.1) is 0 Å². The number of aryl methyl sites for hydroxylation is 1. The summed E-state index contributed by atoms with van der Waals surface area (Å²) in [6.07, 6.45) is 3.43. The van der Waals surface area contributed by atoms with Crippen LogP contribution < -0.4 is 10.7 Å². The number of piperazine rings is 1. The molecule has 4 rings (SSSR count). The van der Waals surface area contributed by atoms with E-state index in [0.717, 1.165) is 0 Å². The highest BCUT2D eigenvalue weighted by molar-refractivity contribution is 5.97. The van der Waals surface area contributed by atoms with Gasteiger partial charge >= 0.3 is 5.76 Å². The molecule has 0 spiro atoms. The van der Waals surface area contributed by atoms with E-state index in [1.165, 1.54) is 4.57 Å². The minimum Gasteiger partial charge on any atom is -0.408 e. The third kappa shape index (κ3) is 2.75. The highest BCUT2D eigenvalue weighted by Gasteiger charge is 2.24. The molecule has 0 bridgehead atoms. The Kier molecular flexibility index (Phi) is 3.72. The van der Waals surface area contributed by atoms with Gasteiger partial charge in [-0.2, -0.15) is 0 Å². The van der Waals surface area contributed by atoms with Crippen LogP contribution in [0.3, 0.4) is 0 Å². The van der Waals surface area contributed by atoms with Crippen LogP contribution in [0.4, 0.5) is 5.95 Å². The molecule has 8 nitrogen and oxygen atoms in total. The van der Waals surface area contributed by atoms with Gasteiger partial charge in [-0.25, -0.2) is 14.8 Å². The smallest absolute Gasteiger partial charge is 0.408 e. The first-order valence-electron chi connectivity index (χ1n) is 8.04. The fraction of sp³-hybridized carbons (Fsp3) is 0.294. The molecular formula is C17H17N5O3. The van der Waals surface area contributed by atoms with Crippen molar-refractivity contribution in [3.05, 3.63) is 52.8 Å². The molecule has 0 unspecified atom stereocenters. The normalized spacial score (nSPS) is 14.9. The van der Waals surface area contributed by atoms with Gasteiger partial charge in [0.2, 0.25) is 5.95 Å². The number of amides is 1. The molecule has 1 aliphatic heterocycles. The van der Waals surface area contributed by atoms with E-state index in [1.807, 2.05) is 0 Å². The lowest BCUT2D eigenvalue weighted by Gasteiger charge is -2.34. The number of fused-ring (bicyclic) bond motifs is 1. The van der Waals surface area contributed by atoms with Crippen LogP contribution in [0.25, 0.3) is 11.1 Å². The maximum absolute atomic E-state index is 12.8. The number of aromatic nitrogens is 3. The molecule has 1 fully saturated rings. The number of anilines is 1. The Balaban J connectivity index is 1.50. The predicted octanol–water partition coefficient (Wildman–Crippen LogP) is 0.884. The predicted molar refractivity (Wildman–Crippen MR) is 91.6 cm³/mol. The minimum atomic E-state index is -0.434. The zero-order valence-corrected chi connectivity index (χ0v) is 13.8. The van der Waals surface area contributed by atoms with Crippen LogP contribution in [-0.2, 0) is 7.05 Å². The van der Waals surface area contributed by atoms with E-state index < -0.39 is 5.76 Å². The maximum Gasteiger partial charge on any atom is 0.419 e. The molecule has 128 valence electrons. The molecule has 0 atom stereocenters. The van der Waals surface area contributed by atoms with E-state index in [9.17, 15) is 9.59 Å². The minimum absolute atomic E-state index is 0.0517. The standard InChI is InChI=1S/C17H17N5O3/c1-20-13-11-12(3-4-14(13)25-17(20)24)15(23)21-7-9-22(10-8-21)16-18-5-2-6-19-16/h2-6,11H,7-10H2,1H3. The first-order valence-corrected chi connectivity index (χ1v) is 8.04. The third-order valence-electron chi connectivity index (χ3n) is 4.44. The van der Waals surface area contributed by atoms with Crippen molar-refractivity contribution in [3.63, 3.8) is 0 Å². The summed E-state index contributed by atoms with van der Waals surface area (Å²) in [7, 11) is 1.63. The second-order valence-electron chi connectivity index (χ2n) is 5.94. The molecule has 25 heavy (non-hydrogen) atoms. The van der Waals surface area contributed by atoms with Crippen molar-refractivity contribution >= 4 is 23.0 Å². The van der Waals surface area contributed by atoms with Gasteiger partial charge in [0.05, 0.1) is 5.52 Å². The SMILES string of the molecule is Cn1c(=O)oc2ccc(C(=O)N3CCN(c4ncccn4)CC3)cc21. The average Bonchev–Trinajstić information content (AvgIpc) is 2.95. The molecule has 0 aliphatic carbocycles. The molecule has 8 heteroatoms. The van der Waals surface area contributed by atoms with E-state index in [1.54, 1.807) is 48.6 Å². The zero-order chi connectivity index (χ0) is 17.4. The Morgan fingerprint density at radius 2 is 1.84 bits per heavy atom. The third-order valence-corrected chi connectivity index (χ3v) is 4.44. The van der Waals surface area contributed by atoms with Crippen molar-refractivity contribution in [3.8, 4) is 0 Å². The van der Waals surface area contributed by atoms with Crippen molar-refractivity contribution in [2.24, 2.45) is 7.05 Å². The summed E-state index contributed by atoms with van der Waals surface area (Å²) >= 11 is 0. The molecular weight excluding hydrogens is 322 g/mol. The first-order chi connectivity index (χ1) is 12.1. The molecule has 0 radical (unpaired) electrons. The Morgan fingerprint density at radius 3 is 2.56 bits per heavy atom. The van der Waals surface area contributed by atoms with Gasteiger partial charge in [0.1, 0.15) is 0 Å². The van der Waals surface area contributed by atoms with Crippen LogP contribution in [0.2, 0.25) is 0 Å². The largest absolute Gasteiger partial charge is 0.419 e. The topological polar surface area (TPSA) is 84.5 Å². The number of nitrogens with zero attached hydrogens (tertiary/aromatic N) is 5. The van der Waals surface area contributed by atoms with Gasteiger partial charge in [0.25, 0.3) is 5.91 Å². The van der Waals surface area contributed by atoms with Crippen molar-refractivity contribution in [2.45, 2.75) is 0 Å². The summed E-state index contributed by atoms with van der Waals surface area (Å²) in [5.41, 5.74) is 1.65. The van der Waals surface area contributed by atoms with E-state index in [-0.39, 0.29) is 5.91 Å². The molecule has 1 saturated heterocycles. The molecule has 1 aromatic carbocycles. The first kappa shape index (κ1) is 15.4. The number of hydrogen-bond acceptors (Lipinski definition) is 6. The second-order valence-corrected chi connectivity index (χ2v) is 5.94. The summed E-state index contributed by atoms with van der Waals surface area (Å²) < 4.78 is 6.50. The number of oxazole rings is 1. The van der Waals surface area contributed by atoms with Crippen LogP contribution in [0.1, 0.15) is 10.4 Å². The van der Waals surface area contributed by atoms with Crippen LogP contribution in [-0.4, -0.2) is 51.5 Å². The van der Waals surface area contributed by atoms with Gasteiger partial charge in [-0.05, 0) is 24.3 Å². The van der Waals surface area contributed by atoms with Crippen molar-refractivity contribution in [2.75, 3.05) is 31.1 Å². The summed E-state index contributed by atoms with van der Waals surface area (Å²) in [5.74, 6) is 0.199. The number of benzene rings is 1. The molecule has 1 aliphatic rings. The highest BCUT2D eigenvalue weighted by atomic mass is 16.4.